The van der Waals surface area contributed by atoms with Gasteiger partial charge in [-0.15, -0.1) is 0 Å². The summed E-state index contributed by atoms with van der Waals surface area (Å²) in [4.78, 5) is 11.2. The largest absolute Gasteiger partial charge is 0.496 e. The molecular weight excluding hydrogens is 288 g/mol. The van der Waals surface area contributed by atoms with E-state index in [-0.39, 0.29) is 6.42 Å². The summed E-state index contributed by atoms with van der Waals surface area (Å²) in [5.41, 5.74) is 0.644. The van der Waals surface area contributed by atoms with Gasteiger partial charge in [0, 0.05) is 0 Å². The maximum absolute atomic E-state index is 11.2. The lowest BCUT2D eigenvalue weighted by atomic mass is 10.1. The number of rotatable bonds is 5. The third kappa shape index (κ3) is 4.02. The van der Waals surface area contributed by atoms with E-state index >= 15 is 0 Å². The molecule has 0 aliphatic carbocycles. The number of hydrogen-bond donors (Lipinski definition) is 1. The number of carbonyl (C=O) groups is 1. The topological polar surface area (TPSA) is 55.8 Å². The first-order valence-electron chi connectivity index (χ1n) is 5.25. The fraction of sp³-hybridized carbons (Fsp3) is 0.417. The summed E-state index contributed by atoms with van der Waals surface area (Å²) in [7, 11) is 1.56. The minimum atomic E-state index is -0.865. The van der Waals surface area contributed by atoms with E-state index in [2.05, 4.69) is 15.9 Å². The van der Waals surface area contributed by atoms with Crippen LogP contribution in [0.25, 0.3) is 0 Å². The van der Waals surface area contributed by atoms with Gasteiger partial charge in [0.15, 0.2) is 0 Å². The van der Waals surface area contributed by atoms with Crippen LogP contribution in [0.1, 0.15) is 25.0 Å². The van der Waals surface area contributed by atoms with E-state index in [1.165, 1.54) is 0 Å². The van der Waals surface area contributed by atoms with Crippen molar-refractivity contribution in [3.63, 3.8) is 0 Å². The standard InChI is InChI=1S/C12H15BrO4/c1-3-17-12(15)7-10(14)8-4-5-11(16-2)9(13)6-8/h4-6,10,14H,3,7H2,1-2H3. The molecule has 1 N–H and O–H groups in total. The normalized spacial score (nSPS) is 12.0. The van der Waals surface area contributed by atoms with Crippen molar-refractivity contribution in [2.75, 3.05) is 13.7 Å². The van der Waals surface area contributed by atoms with Gasteiger partial charge in [0.25, 0.3) is 0 Å². The van der Waals surface area contributed by atoms with E-state index in [4.69, 9.17) is 9.47 Å². The Labute approximate surface area is 109 Å². The van der Waals surface area contributed by atoms with Gasteiger partial charge in [-0.1, -0.05) is 6.07 Å². The number of ether oxygens (including phenoxy) is 2. The van der Waals surface area contributed by atoms with Crippen molar-refractivity contribution in [3.05, 3.63) is 28.2 Å². The van der Waals surface area contributed by atoms with E-state index in [9.17, 15) is 9.90 Å². The van der Waals surface area contributed by atoms with Crippen LogP contribution < -0.4 is 4.74 Å². The predicted octanol–water partition coefficient (Wildman–Crippen LogP) is 2.44. The second kappa shape index (κ2) is 6.61. The van der Waals surface area contributed by atoms with E-state index in [0.29, 0.717) is 17.9 Å². The highest BCUT2D eigenvalue weighted by molar-refractivity contribution is 9.10. The first kappa shape index (κ1) is 14.0. The molecule has 0 saturated heterocycles. The Balaban J connectivity index is 2.72. The third-order valence-electron chi connectivity index (χ3n) is 2.23. The molecule has 0 amide bonds. The van der Waals surface area contributed by atoms with Gasteiger partial charge < -0.3 is 14.6 Å². The highest BCUT2D eigenvalue weighted by Crippen LogP contribution is 2.29. The molecular formula is C12H15BrO4. The Morgan fingerprint density at radius 2 is 2.24 bits per heavy atom. The van der Waals surface area contributed by atoms with Crippen molar-refractivity contribution >= 4 is 21.9 Å². The predicted molar refractivity (Wildman–Crippen MR) is 66.9 cm³/mol. The first-order chi connectivity index (χ1) is 8.08. The highest BCUT2D eigenvalue weighted by atomic mass is 79.9. The summed E-state index contributed by atoms with van der Waals surface area (Å²) in [6.45, 7) is 2.05. The number of esters is 1. The SMILES string of the molecule is CCOC(=O)CC(O)c1ccc(OC)c(Br)c1. The van der Waals surface area contributed by atoms with Crippen LogP contribution in [-0.4, -0.2) is 24.8 Å². The molecule has 0 radical (unpaired) electrons. The van der Waals surface area contributed by atoms with E-state index in [1.807, 2.05) is 0 Å². The molecule has 1 atom stereocenters. The number of halogens is 1. The van der Waals surface area contributed by atoms with Gasteiger partial charge in [-0.25, -0.2) is 0 Å². The van der Waals surface area contributed by atoms with Crippen molar-refractivity contribution < 1.29 is 19.4 Å². The Bertz CT molecular complexity index is 392. The Kier molecular flexibility index (Phi) is 5.44. The average molecular weight is 303 g/mol. The summed E-state index contributed by atoms with van der Waals surface area (Å²) in [5, 5.41) is 9.84. The van der Waals surface area contributed by atoms with E-state index in [0.717, 1.165) is 4.47 Å². The zero-order valence-electron chi connectivity index (χ0n) is 9.77. The fourth-order valence-electron chi connectivity index (χ4n) is 1.39. The smallest absolute Gasteiger partial charge is 0.308 e. The summed E-state index contributed by atoms with van der Waals surface area (Å²) < 4.78 is 10.6. The van der Waals surface area contributed by atoms with Gasteiger partial charge in [-0.3, -0.25) is 4.79 Å². The number of aliphatic hydroxyl groups excluding tert-OH is 1. The molecule has 0 aromatic heterocycles. The van der Waals surface area contributed by atoms with E-state index < -0.39 is 12.1 Å². The first-order valence-corrected chi connectivity index (χ1v) is 6.05. The lowest BCUT2D eigenvalue weighted by molar-refractivity contribution is -0.145. The molecule has 94 valence electrons. The number of benzene rings is 1. The molecule has 1 unspecified atom stereocenters. The molecule has 1 aromatic rings. The molecule has 5 heteroatoms. The zero-order valence-corrected chi connectivity index (χ0v) is 11.4. The van der Waals surface area contributed by atoms with Gasteiger partial charge in [-0.2, -0.15) is 0 Å². The molecule has 0 saturated carbocycles. The summed E-state index contributed by atoms with van der Waals surface area (Å²) >= 11 is 3.32. The van der Waals surface area contributed by atoms with Gasteiger partial charge in [-0.05, 0) is 40.5 Å². The molecule has 1 rings (SSSR count). The van der Waals surface area contributed by atoms with Crippen LogP contribution in [0.5, 0.6) is 5.75 Å². The Morgan fingerprint density at radius 1 is 1.53 bits per heavy atom. The number of carbonyl (C=O) groups excluding carboxylic acids is 1. The van der Waals surface area contributed by atoms with Gasteiger partial charge in [0.1, 0.15) is 5.75 Å². The van der Waals surface area contributed by atoms with Crippen LogP contribution in [0, 0.1) is 0 Å². The minimum absolute atomic E-state index is 0.0490. The fourth-order valence-corrected chi connectivity index (χ4v) is 1.94. The van der Waals surface area contributed by atoms with Gasteiger partial charge >= 0.3 is 5.97 Å². The van der Waals surface area contributed by atoms with Crippen LogP contribution in [0.3, 0.4) is 0 Å². The highest BCUT2D eigenvalue weighted by Gasteiger charge is 2.15. The second-order valence-electron chi connectivity index (χ2n) is 3.42. The van der Waals surface area contributed by atoms with Crippen molar-refractivity contribution in [1.82, 2.24) is 0 Å². The second-order valence-corrected chi connectivity index (χ2v) is 4.27. The van der Waals surface area contributed by atoms with Crippen molar-refractivity contribution in [3.8, 4) is 5.75 Å². The number of hydrogen-bond acceptors (Lipinski definition) is 4. The lowest BCUT2D eigenvalue weighted by Crippen LogP contribution is -2.10. The van der Waals surface area contributed by atoms with Crippen LogP contribution >= 0.6 is 15.9 Å². The molecule has 0 fully saturated rings. The maximum Gasteiger partial charge on any atom is 0.308 e. The number of methoxy groups -OCH3 is 1. The monoisotopic (exact) mass is 302 g/mol. The molecule has 1 aromatic carbocycles. The molecule has 0 heterocycles. The summed E-state index contributed by atoms with van der Waals surface area (Å²) in [5.74, 6) is 0.268. The maximum atomic E-state index is 11.2. The van der Waals surface area contributed by atoms with Crippen LogP contribution in [0.4, 0.5) is 0 Å². The average Bonchev–Trinajstić information content (AvgIpc) is 2.29. The zero-order chi connectivity index (χ0) is 12.8. The molecule has 0 aliphatic rings. The third-order valence-corrected chi connectivity index (χ3v) is 2.85. The molecule has 17 heavy (non-hydrogen) atoms. The molecule has 0 bridgehead atoms. The van der Waals surface area contributed by atoms with Crippen LogP contribution in [-0.2, 0) is 9.53 Å². The van der Waals surface area contributed by atoms with Gasteiger partial charge in [0.2, 0.25) is 0 Å². The molecule has 0 aliphatic heterocycles. The van der Waals surface area contributed by atoms with Crippen molar-refractivity contribution in [1.29, 1.82) is 0 Å². The molecule has 0 spiro atoms. The lowest BCUT2D eigenvalue weighted by Gasteiger charge is -2.12. The molecule has 4 nitrogen and oxygen atoms in total. The summed E-state index contributed by atoms with van der Waals surface area (Å²) in [6, 6.07) is 5.17. The number of aliphatic hydroxyl groups is 1. The van der Waals surface area contributed by atoms with Crippen molar-refractivity contribution in [2.24, 2.45) is 0 Å². The van der Waals surface area contributed by atoms with Crippen molar-refractivity contribution in [2.45, 2.75) is 19.4 Å². The minimum Gasteiger partial charge on any atom is -0.496 e. The quantitative estimate of drug-likeness (QED) is 0.849. The van der Waals surface area contributed by atoms with Crippen LogP contribution in [0.15, 0.2) is 22.7 Å². The van der Waals surface area contributed by atoms with Crippen LogP contribution in [0.2, 0.25) is 0 Å². The Hall–Kier alpha value is -1.07. The van der Waals surface area contributed by atoms with E-state index in [1.54, 1.807) is 32.2 Å². The summed E-state index contributed by atoms with van der Waals surface area (Å²) in [6.07, 6.45) is -0.914. The van der Waals surface area contributed by atoms with Gasteiger partial charge in [0.05, 0.1) is 30.7 Å². The Morgan fingerprint density at radius 3 is 2.76 bits per heavy atom.